The van der Waals surface area contributed by atoms with Crippen LogP contribution in [0.15, 0.2) is 30.9 Å². The standard InChI is InChI=1S/C13H14ClN5O/c14-9-3-1-4-10(11(9)19-8-16-7-17-19)18-12(20)13(15)5-2-6-13/h1,3-4,7-8H,2,5-6,15H2,(H,18,20). The first kappa shape index (κ1) is 13.1. The average Bonchev–Trinajstić information content (AvgIpc) is 2.89. The minimum atomic E-state index is -0.762. The summed E-state index contributed by atoms with van der Waals surface area (Å²) in [6.45, 7) is 0. The van der Waals surface area contributed by atoms with Gasteiger partial charge < -0.3 is 11.1 Å². The number of carbonyl (C=O) groups is 1. The summed E-state index contributed by atoms with van der Waals surface area (Å²) in [6, 6.07) is 5.26. The molecule has 0 bridgehead atoms. The zero-order chi connectivity index (χ0) is 14.2. The maximum Gasteiger partial charge on any atom is 0.244 e. The molecule has 3 N–H and O–H groups in total. The van der Waals surface area contributed by atoms with E-state index < -0.39 is 5.54 Å². The molecule has 1 aliphatic rings. The summed E-state index contributed by atoms with van der Waals surface area (Å²) >= 11 is 6.20. The Kier molecular flexibility index (Phi) is 3.19. The SMILES string of the molecule is NC1(C(=O)Nc2cccc(Cl)c2-n2cncn2)CCC1. The Balaban J connectivity index is 1.94. The van der Waals surface area contributed by atoms with Crippen molar-refractivity contribution in [1.29, 1.82) is 0 Å². The van der Waals surface area contributed by atoms with E-state index in [9.17, 15) is 4.79 Å². The summed E-state index contributed by atoms with van der Waals surface area (Å²) in [5.41, 5.74) is 6.42. The molecule has 0 aliphatic heterocycles. The van der Waals surface area contributed by atoms with Crippen molar-refractivity contribution < 1.29 is 4.79 Å². The number of para-hydroxylation sites is 1. The molecule has 0 spiro atoms. The summed E-state index contributed by atoms with van der Waals surface area (Å²) in [5.74, 6) is -0.188. The average molecular weight is 292 g/mol. The summed E-state index contributed by atoms with van der Waals surface area (Å²) in [6.07, 6.45) is 5.33. The highest BCUT2D eigenvalue weighted by Crippen LogP contribution is 2.32. The molecule has 1 aromatic carbocycles. The smallest absolute Gasteiger partial charge is 0.244 e. The molecule has 1 aliphatic carbocycles. The number of halogens is 1. The second-order valence-electron chi connectivity index (χ2n) is 4.94. The molecule has 20 heavy (non-hydrogen) atoms. The normalized spacial score (nSPS) is 16.5. The van der Waals surface area contributed by atoms with Crippen molar-refractivity contribution in [1.82, 2.24) is 14.8 Å². The summed E-state index contributed by atoms with van der Waals surface area (Å²) < 4.78 is 1.52. The van der Waals surface area contributed by atoms with E-state index in [1.165, 1.54) is 17.3 Å². The van der Waals surface area contributed by atoms with Crippen LogP contribution in [0, 0.1) is 0 Å². The Morgan fingerprint density at radius 1 is 1.45 bits per heavy atom. The molecule has 6 nitrogen and oxygen atoms in total. The van der Waals surface area contributed by atoms with Gasteiger partial charge in [-0.25, -0.2) is 9.67 Å². The van der Waals surface area contributed by atoms with Crippen LogP contribution < -0.4 is 11.1 Å². The van der Waals surface area contributed by atoms with E-state index >= 15 is 0 Å². The van der Waals surface area contributed by atoms with Gasteiger partial charge in [0.05, 0.1) is 16.2 Å². The highest BCUT2D eigenvalue weighted by molar-refractivity contribution is 6.33. The molecule has 0 saturated heterocycles. The fourth-order valence-corrected chi connectivity index (χ4v) is 2.47. The van der Waals surface area contributed by atoms with Gasteiger partial charge in [-0.2, -0.15) is 5.10 Å². The first-order valence-corrected chi connectivity index (χ1v) is 6.72. The van der Waals surface area contributed by atoms with Gasteiger partial charge >= 0.3 is 0 Å². The molecule has 1 fully saturated rings. The fraction of sp³-hybridized carbons (Fsp3) is 0.308. The zero-order valence-electron chi connectivity index (χ0n) is 10.7. The Morgan fingerprint density at radius 3 is 2.85 bits per heavy atom. The maximum absolute atomic E-state index is 12.2. The third-order valence-electron chi connectivity index (χ3n) is 3.58. The minimum Gasteiger partial charge on any atom is -0.323 e. The topological polar surface area (TPSA) is 85.8 Å². The summed E-state index contributed by atoms with van der Waals surface area (Å²) in [4.78, 5) is 16.1. The monoisotopic (exact) mass is 291 g/mol. The Hall–Kier alpha value is -1.92. The van der Waals surface area contributed by atoms with Crippen LogP contribution in [0.2, 0.25) is 5.02 Å². The van der Waals surface area contributed by atoms with E-state index in [2.05, 4.69) is 15.4 Å². The third-order valence-corrected chi connectivity index (χ3v) is 3.89. The number of nitrogens with zero attached hydrogens (tertiary/aromatic N) is 3. The fourth-order valence-electron chi connectivity index (χ4n) is 2.20. The molecule has 0 atom stereocenters. The lowest BCUT2D eigenvalue weighted by Gasteiger charge is -2.36. The quantitative estimate of drug-likeness (QED) is 0.902. The summed E-state index contributed by atoms with van der Waals surface area (Å²) in [5, 5.41) is 7.37. The van der Waals surface area contributed by atoms with Crippen molar-refractivity contribution >= 4 is 23.2 Å². The van der Waals surface area contributed by atoms with E-state index in [1.54, 1.807) is 18.2 Å². The van der Waals surface area contributed by atoms with E-state index in [-0.39, 0.29) is 5.91 Å². The Bertz CT molecular complexity index is 636. The van der Waals surface area contributed by atoms with E-state index in [4.69, 9.17) is 17.3 Å². The lowest BCUT2D eigenvalue weighted by molar-refractivity contribution is -0.123. The van der Waals surface area contributed by atoms with E-state index in [1.807, 2.05) is 0 Å². The van der Waals surface area contributed by atoms with Gasteiger partial charge in [0.15, 0.2) is 0 Å². The van der Waals surface area contributed by atoms with Crippen LogP contribution in [0.5, 0.6) is 0 Å². The lowest BCUT2D eigenvalue weighted by Crippen LogP contribution is -2.56. The molecular weight excluding hydrogens is 278 g/mol. The van der Waals surface area contributed by atoms with Crippen LogP contribution in [0.25, 0.3) is 5.69 Å². The Morgan fingerprint density at radius 2 is 2.25 bits per heavy atom. The van der Waals surface area contributed by atoms with Crippen LogP contribution in [-0.4, -0.2) is 26.2 Å². The number of nitrogens with one attached hydrogen (secondary N) is 1. The molecule has 1 aromatic heterocycles. The molecule has 1 saturated carbocycles. The maximum atomic E-state index is 12.2. The van der Waals surface area contributed by atoms with E-state index in [0.29, 0.717) is 29.2 Å². The molecule has 0 unspecified atom stereocenters. The molecule has 3 rings (SSSR count). The minimum absolute atomic E-state index is 0.188. The number of amides is 1. The third kappa shape index (κ3) is 2.17. The summed E-state index contributed by atoms with van der Waals surface area (Å²) in [7, 11) is 0. The number of nitrogens with two attached hydrogens (primary N) is 1. The number of anilines is 1. The van der Waals surface area contributed by atoms with Crippen molar-refractivity contribution in [2.24, 2.45) is 5.73 Å². The zero-order valence-corrected chi connectivity index (χ0v) is 11.5. The second kappa shape index (κ2) is 4.88. The molecule has 2 aromatic rings. The number of carbonyl (C=O) groups excluding carboxylic acids is 1. The molecular formula is C13H14ClN5O. The van der Waals surface area contributed by atoms with Crippen molar-refractivity contribution in [3.8, 4) is 5.69 Å². The first-order chi connectivity index (χ1) is 9.60. The van der Waals surface area contributed by atoms with Crippen LogP contribution in [0.1, 0.15) is 19.3 Å². The molecule has 7 heteroatoms. The highest BCUT2D eigenvalue weighted by atomic mass is 35.5. The van der Waals surface area contributed by atoms with Gasteiger partial charge in [0.2, 0.25) is 5.91 Å². The molecule has 0 radical (unpaired) electrons. The van der Waals surface area contributed by atoms with Gasteiger partial charge in [-0.15, -0.1) is 0 Å². The molecule has 1 amide bonds. The lowest BCUT2D eigenvalue weighted by atomic mass is 9.77. The van der Waals surface area contributed by atoms with Crippen LogP contribution >= 0.6 is 11.6 Å². The number of rotatable bonds is 3. The number of hydrogen-bond donors (Lipinski definition) is 2. The van der Waals surface area contributed by atoms with Gasteiger partial charge in [0, 0.05) is 0 Å². The van der Waals surface area contributed by atoms with Crippen molar-refractivity contribution in [3.05, 3.63) is 35.9 Å². The van der Waals surface area contributed by atoms with E-state index in [0.717, 1.165) is 6.42 Å². The van der Waals surface area contributed by atoms with Crippen LogP contribution in [0.4, 0.5) is 5.69 Å². The van der Waals surface area contributed by atoms with Crippen LogP contribution in [-0.2, 0) is 4.79 Å². The van der Waals surface area contributed by atoms with Crippen molar-refractivity contribution in [2.75, 3.05) is 5.32 Å². The van der Waals surface area contributed by atoms with Gasteiger partial charge in [0.1, 0.15) is 18.3 Å². The largest absolute Gasteiger partial charge is 0.323 e. The van der Waals surface area contributed by atoms with Gasteiger partial charge in [-0.3, -0.25) is 4.79 Å². The van der Waals surface area contributed by atoms with Crippen LogP contribution in [0.3, 0.4) is 0 Å². The van der Waals surface area contributed by atoms with Gasteiger partial charge in [-0.05, 0) is 31.4 Å². The van der Waals surface area contributed by atoms with Gasteiger partial charge in [0.25, 0.3) is 0 Å². The van der Waals surface area contributed by atoms with Crippen molar-refractivity contribution in [2.45, 2.75) is 24.8 Å². The molecule has 1 heterocycles. The first-order valence-electron chi connectivity index (χ1n) is 6.34. The Labute approximate surface area is 120 Å². The number of benzene rings is 1. The number of hydrogen-bond acceptors (Lipinski definition) is 4. The second-order valence-corrected chi connectivity index (χ2v) is 5.35. The van der Waals surface area contributed by atoms with Crippen molar-refractivity contribution in [3.63, 3.8) is 0 Å². The predicted octanol–water partition coefficient (Wildman–Crippen LogP) is 1.74. The number of aromatic nitrogens is 3. The molecule has 104 valence electrons. The van der Waals surface area contributed by atoms with Gasteiger partial charge in [-0.1, -0.05) is 17.7 Å². The highest BCUT2D eigenvalue weighted by Gasteiger charge is 2.40. The predicted molar refractivity (Wildman–Crippen MR) is 75.8 cm³/mol.